The molecule has 0 saturated carbocycles. The van der Waals surface area contributed by atoms with Crippen molar-refractivity contribution in [2.45, 2.75) is 0 Å². The molecule has 0 aliphatic heterocycles. The van der Waals surface area contributed by atoms with Crippen LogP contribution < -0.4 is 0 Å². The van der Waals surface area contributed by atoms with Gasteiger partial charge in [0.05, 0.1) is 22.3 Å². The third-order valence-corrected chi connectivity index (χ3v) is 12.5. The summed E-state index contributed by atoms with van der Waals surface area (Å²) in [6, 6.07) is 69.2. The Hall–Kier alpha value is -7.47. The molecule has 0 radical (unpaired) electrons. The molecule has 0 N–H and O–H groups in total. The average molecular weight is 757 g/mol. The van der Waals surface area contributed by atoms with Crippen LogP contribution in [0.3, 0.4) is 0 Å². The van der Waals surface area contributed by atoms with Gasteiger partial charge in [0.1, 0.15) is 0 Å². The first-order valence-electron chi connectivity index (χ1n) is 19.5. The second-order valence-electron chi connectivity index (χ2n) is 14.8. The number of thiophene rings is 1. The first kappa shape index (κ1) is 32.7. The Morgan fingerprint density at radius 2 is 0.948 bits per heavy atom. The number of nitrogens with zero attached hydrogens (tertiary/aromatic N) is 4. The Morgan fingerprint density at radius 3 is 1.79 bits per heavy atom. The monoisotopic (exact) mass is 756 g/mol. The molecule has 3 aromatic heterocycles. The Morgan fingerprint density at radius 1 is 0.328 bits per heavy atom. The first-order chi connectivity index (χ1) is 28.7. The van der Waals surface area contributed by atoms with Gasteiger partial charge in [-0.2, -0.15) is 0 Å². The van der Waals surface area contributed by atoms with Gasteiger partial charge in [0, 0.05) is 42.1 Å². The molecule has 5 heteroatoms. The van der Waals surface area contributed by atoms with Crippen LogP contribution in [0.1, 0.15) is 0 Å². The Labute approximate surface area is 338 Å². The van der Waals surface area contributed by atoms with E-state index in [4.69, 9.17) is 15.0 Å². The van der Waals surface area contributed by atoms with Crippen LogP contribution in [-0.2, 0) is 0 Å². The highest BCUT2D eigenvalue weighted by Gasteiger charge is 2.22. The summed E-state index contributed by atoms with van der Waals surface area (Å²) in [7, 11) is 0. The molecule has 12 rings (SSSR count). The highest BCUT2D eigenvalue weighted by Crippen LogP contribution is 2.42. The molecule has 9 aromatic carbocycles. The van der Waals surface area contributed by atoms with Crippen molar-refractivity contribution < 1.29 is 0 Å². The molecular weight excluding hydrogens is 725 g/mol. The predicted molar refractivity (Wildman–Crippen MR) is 244 cm³/mol. The minimum Gasteiger partial charge on any atom is -0.308 e. The zero-order valence-electron chi connectivity index (χ0n) is 31.2. The number of hydrogen-bond acceptors (Lipinski definition) is 4. The van der Waals surface area contributed by atoms with E-state index in [1.165, 1.54) is 41.7 Å². The summed E-state index contributed by atoms with van der Waals surface area (Å²) in [5.74, 6) is 1.89. The largest absolute Gasteiger partial charge is 0.308 e. The molecule has 3 heterocycles. The highest BCUT2D eigenvalue weighted by atomic mass is 32.1. The predicted octanol–water partition coefficient (Wildman–Crippen LogP) is 14.3. The number of rotatable bonds is 5. The van der Waals surface area contributed by atoms with E-state index < -0.39 is 0 Å². The van der Waals surface area contributed by atoms with E-state index >= 15 is 0 Å². The van der Waals surface area contributed by atoms with Gasteiger partial charge in [-0.3, -0.25) is 0 Å². The van der Waals surface area contributed by atoms with Gasteiger partial charge in [0.2, 0.25) is 0 Å². The minimum atomic E-state index is 0.625. The summed E-state index contributed by atoms with van der Waals surface area (Å²) >= 11 is 1.80. The second-order valence-corrected chi connectivity index (χ2v) is 15.9. The van der Waals surface area contributed by atoms with Crippen molar-refractivity contribution in [3.8, 4) is 51.0 Å². The van der Waals surface area contributed by atoms with Crippen molar-refractivity contribution in [1.82, 2.24) is 19.5 Å². The topological polar surface area (TPSA) is 43.6 Å². The molecule has 0 aliphatic carbocycles. The zero-order valence-corrected chi connectivity index (χ0v) is 32.0. The summed E-state index contributed by atoms with van der Waals surface area (Å²) < 4.78 is 4.88. The Balaban J connectivity index is 1.16. The lowest BCUT2D eigenvalue weighted by Gasteiger charge is -2.17. The van der Waals surface area contributed by atoms with E-state index in [2.05, 4.69) is 193 Å². The summed E-state index contributed by atoms with van der Waals surface area (Å²) in [5.41, 5.74) is 8.37. The SMILES string of the molecule is c1ccc(-c2cccc(-c3nc(-c4ccc5c(c4)sc4ccccc45)nc(-c4c(-n5c6ccccc6c6cc7ccccc7cc65)ccc5ccccc45)n3)c2)cc1. The lowest BCUT2D eigenvalue weighted by atomic mass is 10.0. The summed E-state index contributed by atoms with van der Waals surface area (Å²) in [6.07, 6.45) is 0. The lowest BCUT2D eigenvalue weighted by molar-refractivity contribution is 1.07. The maximum absolute atomic E-state index is 5.44. The first-order valence-corrected chi connectivity index (χ1v) is 20.3. The third kappa shape index (κ3) is 5.25. The lowest BCUT2D eigenvalue weighted by Crippen LogP contribution is -2.04. The van der Waals surface area contributed by atoms with Crippen molar-refractivity contribution in [2.75, 3.05) is 0 Å². The van der Waals surface area contributed by atoms with Crippen LogP contribution in [0.5, 0.6) is 0 Å². The quantitative estimate of drug-likeness (QED) is 0.176. The third-order valence-electron chi connectivity index (χ3n) is 11.4. The normalized spacial score (nSPS) is 11.8. The van der Waals surface area contributed by atoms with Crippen molar-refractivity contribution >= 4 is 74.9 Å². The van der Waals surface area contributed by atoms with E-state index in [1.54, 1.807) is 11.3 Å². The van der Waals surface area contributed by atoms with Gasteiger partial charge in [0.15, 0.2) is 17.5 Å². The molecular formula is C53H32N4S. The van der Waals surface area contributed by atoms with Gasteiger partial charge in [-0.15, -0.1) is 11.3 Å². The number of hydrogen-bond donors (Lipinski definition) is 0. The van der Waals surface area contributed by atoms with E-state index in [9.17, 15) is 0 Å². The van der Waals surface area contributed by atoms with E-state index in [-0.39, 0.29) is 0 Å². The molecule has 12 aromatic rings. The summed E-state index contributed by atoms with van der Waals surface area (Å²) in [5, 5.41) is 9.53. The van der Waals surface area contributed by atoms with Crippen LogP contribution in [0.15, 0.2) is 194 Å². The number of para-hydroxylation sites is 1. The second kappa shape index (κ2) is 13.1. The average Bonchev–Trinajstić information content (AvgIpc) is 3.83. The summed E-state index contributed by atoms with van der Waals surface area (Å²) in [6.45, 7) is 0. The van der Waals surface area contributed by atoms with Gasteiger partial charge in [-0.25, -0.2) is 15.0 Å². The minimum absolute atomic E-state index is 0.625. The van der Waals surface area contributed by atoms with Crippen LogP contribution in [0.4, 0.5) is 0 Å². The molecule has 0 atom stereocenters. The number of aromatic nitrogens is 4. The van der Waals surface area contributed by atoms with E-state index in [0.717, 1.165) is 55.3 Å². The molecule has 0 aliphatic rings. The maximum atomic E-state index is 5.44. The highest BCUT2D eigenvalue weighted by molar-refractivity contribution is 7.25. The van der Waals surface area contributed by atoms with Gasteiger partial charge in [-0.1, -0.05) is 152 Å². The Kier molecular flexibility index (Phi) is 7.37. The van der Waals surface area contributed by atoms with Crippen molar-refractivity contribution in [2.24, 2.45) is 0 Å². The maximum Gasteiger partial charge on any atom is 0.166 e. The van der Waals surface area contributed by atoms with Gasteiger partial charge >= 0.3 is 0 Å². The summed E-state index contributed by atoms with van der Waals surface area (Å²) in [4.78, 5) is 16.1. The van der Waals surface area contributed by atoms with Crippen molar-refractivity contribution in [3.05, 3.63) is 194 Å². The van der Waals surface area contributed by atoms with Gasteiger partial charge in [-0.05, 0) is 75.1 Å². The number of benzene rings is 9. The molecule has 0 spiro atoms. The fourth-order valence-electron chi connectivity index (χ4n) is 8.68. The van der Waals surface area contributed by atoms with Crippen LogP contribution in [0.25, 0.3) is 115 Å². The van der Waals surface area contributed by atoms with E-state index in [0.29, 0.717) is 17.5 Å². The Bertz CT molecular complexity index is 3580. The van der Waals surface area contributed by atoms with Crippen LogP contribution in [0.2, 0.25) is 0 Å². The van der Waals surface area contributed by atoms with E-state index in [1.807, 2.05) is 6.07 Å². The molecule has 0 unspecified atom stereocenters. The standard InChI is InChI=1S/C53H32N4S/c1-2-13-33(14-3-1)35-18-12-19-38(29-35)51-54-52(39-25-27-43-42-22-9-11-24-48(42)58-49(43)32-39)56-53(55-51)50-40-20-7-6-15-34(40)26-28-46(50)57-45-23-10-8-21-41(45)44-30-36-16-4-5-17-37(36)31-47(44)57/h1-32H. The molecule has 0 saturated heterocycles. The van der Waals surface area contributed by atoms with Gasteiger partial charge in [0.25, 0.3) is 0 Å². The molecule has 58 heavy (non-hydrogen) atoms. The van der Waals surface area contributed by atoms with Crippen molar-refractivity contribution in [3.63, 3.8) is 0 Å². The fourth-order valence-corrected chi connectivity index (χ4v) is 9.82. The molecule has 270 valence electrons. The van der Waals surface area contributed by atoms with Gasteiger partial charge < -0.3 is 4.57 Å². The zero-order chi connectivity index (χ0) is 38.2. The fraction of sp³-hybridized carbons (Fsp3) is 0. The number of fused-ring (bicyclic) bond motifs is 8. The molecule has 0 fully saturated rings. The van der Waals surface area contributed by atoms with Crippen LogP contribution in [-0.4, -0.2) is 19.5 Å². The smallest absolute Gasteiger partial charge is 0.166 e. The molecule has 0 amide bonds. The van der Waals surface area contributed by atoms with Crippen LogP contribution >= 0.6 is 11.3 Å². The van der Waals surface area contributed by atoms with Crippen molar-refractivity contribution in [1.29, 1.82) is 0 Å². The molecule has 4 nitrogen and oxygen atoms in total. The van der Waals surface area contributed by atoms with Crippen LogP contribution in [0, 0.1) is 0 Å². The molecule has 0 bridgehead atoms.